The van der Waals surface area contributed by atoms with Gasteiger partial charge in [0.25, 0.3) is 5.60 Å². The van der Waals surface area contributed by atoms with Crippen LogP contribution in [0.1, 0.15) is 6.42 Å². The maximum absolute atomic E-state index is 10.8. The molecule has 0 spiro atoms. The highest BCUT2D eigenvalue weighted by atomic mass is 16.7. The fourth-order valence-electron chi connectivity index (χ4n) is 1.00. The lowest BCUT2D eigenvalue weighted by Crippen LogP contribution is -2.57. The predicted molar refractivity (Wildman–Crippen MR) is 45.4 cm³/mol. The smallest absolute Gasteiger partial charge is 0.481 e. The molecule has 0 fully saturated rings. The molecule has 10 heteroatoms. The van der Waals surface area contributed by atoms with Crippen molar-refractivity contribution in [2.45, 2.75) is 18.1 Å². The average Bonchev–Trinajstić information content (AvgIpc) is 2.13. The number of aliphatic hydroxyl groups is 1. The second kappa shape index (κ2) is 5.12. The average molecular weight is 252 g/mol. The minimum atomic E-state index is -3.30. The van der Waals surface area contributed by atoms with Crippen molar-refractivity contribution >= 4 is 24.1 Å². The fraction of sp³-hybridized carbons (Fsp3) is 0.429. The lowest BCUT2D eigenvalue weighted by molar-refractivity contribution is -0.189. The van der Waals surface area contributed by atoms with Crippen LogP contribution in [0.15, 0.2) is 0 Å². The Kier molecular flexibility index (Phi) is 4.41. The quantitative estimate of drug-likeness (QED) is 0.346. The highest BCUT2D eigenvalue weighted by Gasteiger charge is 2.55. The molecule has 0 aromatic rings. The molecule has 0 aliphatic carbocycles. The minimum absolute atomic E-state index is 1.54. The van der Waals surface area contributed by atoms with Gasteiger partial charge in [0.2, 0.25) is 6.10 Å². The van der Waals surface area contributed by atoms with Crippen LogP contribution in [-0.2, 0) is 19.1 Å². The third-order valence-corrected chi connectivity index (χ3v) is 1.72. The van der Waals surface area contributed by atoms with E-state index in [1.807, 2.05) is 0 Å². The molecule has 96 valence electrons. The highest BCUT2D eigenvalue weighted by molar-refractivity contribution is 5.92. The summed E-state index contributed by atoms with van der Waals surface area (Å²) in [7, 11) is 0. The zero-order valence-corrected chi connectivity index (χ0v) is 8.06. The molecule has 0 radical (unpaired) electrons. The van der Waals surface area contributed by atoms with Crippen LogP contribution in [0.2, 0.25) is 0 Å². The monoisotopic (exact) mass is 252 g/mol. The van der Waals surface area contributed by atoms with Gasteiger partial charge in [0.05, 0.1) is 6.42 Å². The largest absolute Gasteiger partial charge is 0.507 e. The van der Waals surface area contributed by atoms with Crippen molar-refractivity contribution in [1.82, 2.24) is 0 Å². The van der Waals surface area contributed by atoms with Gasteiger partial charge in [0.1, 0.15) is 0 Å². The first-order valence-electron chi connectivity index (χ1n) is 3.91. The molecule has 2 atom stereocenters. The molecule has 0 aliphatic rings. The molecule has 0 saturated carbocycles. The summed E-state index contributed by atoms with van der Waals surface area (Å²) < 4.78 is 3.74. The summed E-state index contributed by atoms with van der Waals surface area (Å²) in [6, 6.07) is 0. The summed E-state index contributed by atoms with van der Waals surface area (Å²) >= 11 is 0. The van der Waals surface area contributed by atoms with Crippen LogP contribution < -0.4 is 0 Å². The molecule has 0 amide bonds. The van der Waals surface area contributed by atoms with Crippen LogP contribution in [0.4, 0.5) is 4.79 Å². The number of hydrogen-bond donors (Lipinski definition) is 5. The van der Waals surface area contributed by atoms with Gasteiger partial charge in [0.15, 0.2) is 0 Å². The van der Waals surface area contributed by atoms with Crippen molar-refractivity contribution in [3.63, 3.8) is 0 Å². The highest BCUT2D eigenvalue weighted by Crippen LogP contribution is 2.23. The van der Waals surface area contributed by atoms with Crippen LogP contribution >= 0.6 is 0 Å². The van der Waals surface area contributed by atoms with E-state index in [0.29, 0.717) is 0 Å². The van der Waals surface area contributed by atoms with E-state index in [1.54, 1.807) is 0 Å². The molecule has 0 bridgehead atoms. The standard InChI is InChI=1S/C7H8O10/c8-2(9)1-7(5(13)14,17-6(15)16)3(10)4(11)12/h3,10H,1H2,(H,8,9)(H,11,12)(H,13,14)(H,15,16). The Morgan fingerprint density at radius 2 is 1.53 bits per heavy atom. The van der Waals surface area contributed by atoms with Crippen LogP contribution in [0.3, 0.4) is 0 Å². The predicted octanol–water partition coefficient (Wildman–Crippen LogP) is -1.58. The minimum Gasteiger partial charge on any atom is -0.481 e. The second-order valence-corrected chi connectivity index (χ2v) is 2.87. The molecule has 5 N–H and O–H groups in total. The molecule has 0 aromatic carbocycles. The molecule has 0 aromatic heterocycles. The first-order valence-corrected chi connectivity index (χ1v) is 3.91. The van der Waals surface area contributed by atoms with Crippen LogP contribution in [0, 0.1) is 0 Å². The van der Waals surface area contributed by atoms with Crippen molar-refractivity contribution < 1.29 is 49.4 Å². The molecular formula is C7H8O10. The molecule has 0 heterocycles. The van der Waals surface area contributed by atoms with Gasteiger partial charge in [-0.25, -0.2) is 14.4 Å². The fourth-order valence-corrected chi connectivity index (χ4v) is 1.00. The lowest BCUT2D eigenvalue weighted by Gasteiger charge is -2.28. The van der Waals surface area contributed by atoms with E-state index < -0.39 is 42.2 Å². The summed E-state index contributed by atoms with van der Waals surface area (Å²) in [6.45, 7) is 0. The molecule has 10 nitrogen and oxygen atoms in total. The Bertz CT molecular complexity index is 342. The Hall–Kier alpha value is -2.36. The third kappa shape index (κ3) is 3.31. The number of aliphatic hydroxyl groups excluding tert-OH is 1. The van der Waals surface area contributed by atoms with Gasteiger partial charge >= 0.3 is 24.1 Å². The van der Waals surface area contributed by atoms with Gasteiger partial charge in [-0.3, -0.25) is 4.79 Å². The SMILES string of the molecule is O=C(O)CC(OC(=O)O)(C(=O)O)C(O)C(=O)O. The number of hydrogen-bond acceptors (Lipinski definition) is 6. The van der Waals surface area contributed by atoms with Crippen LogP contribution in [-0.4, -0.2) is 61.3 Å². The number of aliphatic carboxylic acids is 3. The van der Waals surface area contributed by atoms with Crippen LogP contribution in [0.5, 0.6) is 0 Å². The molecule has 0 saturated heterocycles. The maximum Gasteiger partial charge on any atom is 0.507 e. The summed E-state index contributed by atoms with van der Waals surface area (Å²) in [5, 5.41) is 42.8. The topological polar surface area (TPSA) is 179 Å². The van der Waals surface area contributed by atoms with Crippen molar-refractivity contribution in [3.8, 4) is 0 Å². The third-order valence-electron chi connectivity index (χ3n) is 1.72. The first-order chi connectivity index (χ1) is 7.63. The summed E-state index contributed by atoms with van der Waals surface area (Å²) in [4.78, 5) is 41.8. The van der Waals surface area contributed by atoms with Gasteiger partial charge in [-0.15, -0.1) is 0 Å². The van der Waals surface area contributed by atoms with Gasteiger partial charge in [-0.2, -0.15) is 0 Å². The van der Waals surface area contributed by atoms with Gasteiger partial charge < -0.3 is 30.3 Å². The molecule has 2 unspecified atom stereocenters. The van der Waals surface area contributed by atoms with E-state index >= 15 is 0 Å². The Morgan fingerprint density at radius 3 is 1.76 bits per heavy atom. The van der Waals surface area contributed by atoms with Crippen molar-refractivity contribution in [2.75, 3.05) is 0 Å². The summed E-state index contributed by atoms with van der Waals surface area (Å²) in [5.41, 5.74) is -3.30. The molecule has 0 aliphatic heterocycles. The summed E-state index contributed by atoms with van der Waals surface area (Å²) in [5.74, 6) is -6.21. The molecular weight excluding hydrogens is 244 g/mol. The van der Waals surface area contributed by atoms with E-state index in [1.165, 1.54) is 0 Å². The Morgan fingerprint density at radius 1 is 1.06 bits per heavy atom. The van der Waals surface area contributed by atoms with E-state index in [-0.39, 0.29) is 0 Å². The van der Waals surface area contributed by atoms with Gasteiger partial charge in [-0.1, -0.05) is 0 Å². The van der Waals surface area contributed by atoms with E-state index in [0.717, 1.165) is 0 Å². The van der Waals surface area contributed by atoms with Crippen molar-refractivity contribution in [2.24, 2.45) is 0 Å². The van der Waals surface area contributed by atoms with Crippen LogP contribution in [0.25, 0.3) is 0 Å². The normalized spacial score (nSPS) is 15.4. The zero-order valence-electron chi connectivity index (χ0n) is 8.06. The van der Waals surface area contributed by atoms with E-state index in [2.05, 4.69) is 4.74 Å². The van der Waals surface area contributed by atoms with Gasteiger partial charge in [0, 0.05) is 0 Å². The second-order valence-electron chi connectivity index (χ2n) is 2.87. The van der Waals surface area contributed by atoms with Crippen molar-refractivity contribution in [3.05, 3.63) is 0 Å². The zero-order chi connectivity index (χ0) is 13.8. The van der Waals surface area contributed by atoms with E-state index in [9.17, 15) is 19.2 Å². The number of carbonyl (C=O) groups is 4. The van der Waals surface area contributed by atoms with E-state index in [4.69, 9.17) is 25.5 Å². The molecule has 17 heavy (non-hydrogen) atoms. The Labute approximate surface area is 92.7 Å². The number of ether oxygens (including phenoxy) is 1. The number of rotatable bonds is 6. The summed E-state index contributed by atoms with van der Waals surface area (Å²) in [6.07, 6.45) is -6.62. The van der Waals surface area contributed by atoms with Gasteiger partial charge in [-0.05, 0) is 0 Å². The molecule has 0 rings (SSSR count). The van der Waals surface area contributed by atoms with Crippen molar-refractivity contribution in [1.29, 1.82) is 0 Å². The number of carboxylic acids is 3. The first kappa shape index (κ1) is 14.6. The lowest BCUT2D eigenvalue weighted by atomic mass is 9.92. The Balaban J connectivity index is 5.53. The number of carboxylic acid groups (broad SMARTS) is 4. The maximum atomic E-state index is 10.8.